The maximum absolute atomic E-state index is 12.3. The van der Waals surface area contributed by atoms with Crippen molar-refractivity contribution in [3.05, 3.63) is 87.8 Å². The highest BCUT2D eigenvalue weighted by Gasteiger charge is 2.08. The first kappa shape index (κ1) is 16.8. The number of hydrogen-bond donors (Lipinski definition) is 3. The highest BCUT2D eigenvalue weighted by Crippen LogP contribution is 2.09. The van der Waals surface area contributed by atoms with Crippen LogP contribution in [0.3, 0.4) is 0 Å². The van der Waals surface area contributed by atoms with Crippen molar-refractivity contribution < 1.29 is 0 Å². The normalized spacial score (nSPS) is 10.9. The molecule has 7 nitrogen and oxygen atoms in total. The minimum atomic E-state index is -0.194. The van der Waals surface area contributed by atoms with E-state index in [9.17, 15) is 4.79 Å². The van der Waals surface area contributed by atoms with E-state index in [0.717, 1.165) is 11.3 Å². The molecule has 136 valence electrons. The predicted molar refractivity (Wildman–Crippen MR) is 106 cm³/mol. The van der Waals surface area contributed by atoms with Gasteiger partial charge in [-0.1, -0.05) is 48.0 Å². The Bertz CT molecular complexity index is 1100. The van der Waals surface area contributed by atoms with E-state index in [2.05, 4.69) is 56.9 Å². The first-order chi connectivity index (χ1) is 13.2. The second kappa shape index (κ2) is 7.33. The summed E-state index contributed by atoms with van der Waals surface area (Å²) in [6, 6.07) is 19.5. The monoisotopic (exact) mass is 360 g/mol. The maximum atomic E-state index is 12.3. The standard InChI is InChI=1S/C20H20N6O/c1-14-7-9-15(10-8-14)12-22-19-24-20-23-17(11-18(27)26(20)25-19)13-21-16-5-3-2-4-6-16/h2-11,21H,12-13H2,1H3,(H2,22,23,24,25). The number of hydrogen-bond acceptors (Lipinski definition) is 5. The highest BCUT2D eigenvalue weighted by atomic mass is 16.1. The third-order valence-corrected chi connectivity index (χ3v) is 4.21. The molecule has 2 aromatic heterocycles. The smallest absolute Gasteiger partial charge is 0.274 e. The van der Waals surface area contributed by atoms with Gasteiger partial charge in [0, 0.05) is 18.3 Å². The minimum Gasteiger partial charge on any atom is -0.379 e. The molecule has 0 aliphatic heterocycles. The number of rotatable bonds is 6. The molecule has 27 heavy (non-hydrogen) atoms. The van der Waals surface area contributed by atoms with Crippen molar-refractivity contribution in [3.63, 3.8) is 0 Å². The zero-order valence-electron chi connectivity index (χ0n) is 14.9. The van der Waals surface area contributed by atoms with Gasteiger partial charge in [0.05, 0.1) is 12.2 Å². The van der Waals surface area contributed by atoms with Crippen LogP contribution in [-0.4, -0.2) is 19.6 Å². The quantitative estimate of drug-likeness (QED) is 0.492. The van der Waals surface area contributed by atoms with Gasteiger partial charge in [0.1, 0.15) is 0 Å². The van der Waals surface area contributed by atoms with E-state index >= 15 is 0 Å². The summed E-state index contributed by atoms with van der Waals surface area (Å²) < 4.78 is 1.34. The molecule has 4 rings (SSSR count). The van der Waals surface area contributed by atoms with Gasteiger partial charge in [-0.05, 0) is 24.6 Å². The number of para-hydroxylation sites is 1. The van der Waals surface area contributed by atoms with Crippen molar-refractivity contribution in [2.75, 3.05) is 10.6 Å². The summed E-state index contributed by atoms with van der Waals surface area (Å²) in [5, 5.41) is 9.38. The summed E-state index contributed by atoms with van der Waals surface area (Å²) in [6.45, 7) is 3.12. The van der Waals surface area contributed by atoms with Crippen molar-refractivity contribution in [1.82, 2.24) is 19.6 Å². The lowest BCUT2D eigenvalue weighted by Crippen LogP contribution is -2.17. The molecule has 0 spiro atoms. The average Bonchev–Trinajstić information content (AvgIpc) is 3.10. The van der Waals surface area contributed by atoms with Crippen molar-refractivity contribution in [2.24, 2.45) is 0 Å². The average molecular weight is 360 g/mol. The molecule has 0 aliphatic rings. The van der Waals surface area contributed by atoms with Crippen LogP contribution in [0.1, 0.15) is 16.8 Å². The van der Waals surface area contributed by atoms with Gasteiger partial charge in [0.2, 0.25) is 5.95 Å². The fraction of sp³-hybridized carbons (Fsp3) is 0.150. The van der Waals surface area contributed by atoms with Gasteiger partial charge in [0.25, 0.3) is 11.3 Å². The largest absolute Gasteiger partial charge is 0.379 e. The Balaban J connectivity index is 1.49. The molecule has 2 aromatic carbocycles. The topological polar surface area (TPSA) is 87.1 Å². The van der Waals surface area contributed by atoms with Crippen LogP contribution in [0.25, 0.3) is 5.78 Å². The number of aromatic amines is 1. The molecule has 0 unspecified atom stereocenters. The second-order valence-corrected chi connectivity index (χ2v) is 6.35. The molecule has 3 N–H and O–H groups in total. The van der Waals surface area contributed by atoms with Crippen LogP contribution in [0, 0.1) is 6.92 Å². The molecule has 0 aliphatic carbocycles. The predicted octanol–water partition coefficient (Wildman–Crippen LogP) is 2.95. The van der Waals surface area contributed by atoms with E-state index in [0.29, 0.717) is 30.5 Å². The molecular weight excluding hydrogens is 340 g/mol. The van der Waals surface area contributed by atoms with Crippen molar-refractivity contribution in [3.8, 4) is 0 Å². The van der Waals surface area contributed by atoms with Gasteiger partial charge in [-0.15, -0.1) is 0 Å². The van der Waals surface area contributed by atoms with E-state index in [1.165, 1.54) is 16.1 Å². The van der Waals surface area contributed by atoms with Crippen LogP contribution >= 0.6 is 0 Å². The zero-order valence-corrected chi connectivity index (χ0v) is 14.9. The van der Waals surface area contributed by atoms with Crippen LogP contribution in [0.15, 0.2) is 65.5 Å². The molecule has 0 saturated carbocycles. The number of nitrogens with zero attached hydrogens (tertiary/aromatic N) is 3. The van der Waals surface area contributed by atoms with Crippen LogP contribution in [0.4, 0.5) is 11.6 Å². The Labute approximate surface area is 156 Å². The van der Waals surface area contributed by atoms with Crippen molar-refractivity contribution in [2.45, 2.75) is 20.0 Å². The molecule has 0 radical (unpaired) electrons. The first-order valence-electron chi connectivity index (χ1n) is 8.74. The molecule has 0 bridgehead atoms. The lowest BCUT2D eigenvalue weighted by Gasteiger charge is -2.05. The SMILES string of the molecule is Cc1ccc(CNc2nc3nc(CNc4ccccc4)cc(=O)n3[nH]2)cc1. The van der Waals surface area contributed by atoms with E-state index in [1.54, 1.807) is 0 Å². The summed E-state index contributed by atoms with van der Waals surface area (Å²) in [4.78, 5) is 21.2. The fourth-order valence-electron chi connectivity index (χ4n) is 2.74. The summed E-state index contributed by atoms with van der Waals surface area (Å²) in [6.07, 6.45) is 0. The third-order valence-electron chi connectivity index (χ3n) is 4.21. The lowest BCUT2D eigenvalue weighted by molar-refractivity contribution is 0.874. The van der Waals surface area contributed by atoms with Crippen LogP contribution < -0.4 is 16.2 Å². The number of aromatic nitrogens is 4. The Hall–Kier alpha value is -3.61. The third kappa shape index (κ3) is 3.98. The number of benzene rings is 2. The number of H-pyrrole nitrogens is 1. The second-order valence-electron chi connectivity index (χ2n) is 6.35. The Morgan fingerprint density at radius 1 is 0.963 bits per heavy atom. The Morgan fingerprint density at radius 2 is 1.74 bits per heavy atom. The van der Waals surface area contributed by atoms with Gasteiger partial charge >= 0.3 is 0 Å². The van der Waals surface area contributed by atoms with Crippen LogP contribution in [0.2, 0.25) is 0 Å². The zero-order chi connectivity index (χ0) is 18.6. The summed E-state index contributed by atoms with van der Waals surface area (Å²) >= 11 is 0. The summed E-state index contributed by atoms with van der Waals surface area (Å²) in [7, 11) is 0. The lowest BCUT2D eigenvalue weighted by atomic mass is 10.1. The molecule has 0 saturated heterocycles. The molecule has 0 amide bonds. The van der Waals surface area contributed by atoms with Crippen molar-refractivity contribution in [1.29, 1.82) is 0 Å². The number of anilines is 2. The Morgan fingerprint density at radius 3 is 2.52 bits per heavy atom. The van der Waals surface area contributed by atoms with E-state index in [4.69, 9.17) is 0 Å². The van der Waals surface area contributed by atoms with Gasteiger partial charge < -0.3 is 10.6 Å². The van der Waals surface area contributed by atoms with Gasteiger partial charge in [-0.25, -0.2) is 4.98 Å². The number of fused-ring (bicyclic) bond motifs is 1. The minimum absolute atomic E-state index is 0.194. The summed E-state index contributed by atoms with van der Waals surface area (Å²) in [5.74, 6) is 0.854. The molecule has 7 heteroatoms. The van der Waals surface area contributed by atoms with Crippen LogP contribution in [0.5, 0.6) is 0 Å². The molecule has 4 aromatic rings. The van der Waals surface area contributed by atoms with Gasteiger partial charge in [-0.3, -0.25) is 9.89 Å². The van der Waals surface area contributed by atoms with E-state index in [-0.39, 0.29) is 5.56 Å². The molecule has 0 fully saturated rings. The van der Waals surface area contributed by atoms with Crippen molar-refractivity contribution >= 4 is 17.4 Å². The first-order valence-corrected chi connectivity index (χ1v) is 8.74. The number of nitrogens with one attached hydrogen (secondary N) is 3. The Kier molecular flexibility index (Phi) is 4.57. The molecular formula is C20H20N6O. The van der Waals surface area contributed by atoms with E-state index < -0.39 is 0 Å². The number of aryl methyl sites for hydroxylation is 1. The molecule has 2 heterocycles. The van der Waals surface area contributed by atoms with E-state index in [1.807, 2.05) is 30.3 Å². The molecule has 0 atom stereocenters. The summed E-state index contributed by atoms with van der Waals surface area (Å²) in [5.41, 5.74) is 3.77. The van der Waals surface area contributed by atoms with Gasteiger partial charge in [0.15, 0.2) is 0 Å². The maximum Gasteiger partial charge on any atom is 0.274 e. The fourth-order valence-corrected chi connectivity index (χ4v) is 2.74. The van der Waals surface area contributed by atoms with Crippen LogP contribution in [-0.2, 0) is 13.1 Å². The highest BCUT2D eigenvalue weighted by molar-refractivity contribution is 5.43. The van der Waals surface area contributed by atoms with Gasteiger partial charge in [-0.2, -0.15) is 9.50 Å².